The number of anilines is 1. The second-order valence-electron chi connectivity index (χ2n) is 6.90. The van der Waals surface area contributed by atoms with E-state index in [0.717, 1.165) is 23.2 Å². The molecule has 2 aromatic rings. The summed E-state index contributed by atoms with van der Waals surface area (Å²) in [6.45, 7) is 8.40. The van der Waals surface area contributed by atoms with Crippen molar-refractivity contribution in [2.24, 2.45) is 0 Å². The number of carbonyl (C=O) groups excluding carboxylic acids is 1. The summed E-state index contributed by atoms with van der Waals surface area (Å²) in [5.41, 5.74) is 7.53. The lowest BCUT2D eigenvalue weighted by atomic mass is 9.80. The molecule has 4 heteroatoms. The number of nitrogens with one attached hydrogen (secondary N) is 1. The zero-order valence-electron chi connectivity index (χ0n) is 15.5. The molecule has 0 heterocycles. The topological polar surface area (TPSA) is 66.4 Å². The molecule has 0 aliphatic heterocycles. The van der Waals surface area contributed by atoms with Crippen LogP contribution in [0, 0.1) is 20.8 Å². The maximum Gasteiger partial charge on any atom is 0.335 e. The summed E-state index contributed by atoms with van der Waals surface area (Å²) in [7, 11) is 0. The SMILES string of the molecule is Cc1c(C)c2c(c(C)c1NC(=O)c1ccc(C(=O)O)cc1)CC=CC2C. The first-order valence-corrected chi connectivity index (χ1v) is 8.75. The molecule has 0 bridgehead atoms. The summed E-state index contributed by atoms with van der Waals surface area (Å²) in [5.74, 6) is -0.854. The van der Waals surface area contributed by atoms with Crippen molar-refractivity contribution in [3.05, 3.63) is 75.4 Å². The molecule has 134 valence electrons. The second kappa shape index (κ2) is 6.79. The second-order valence-corrected chi connectivity index (χ2v) is 6.90. The van der Waals surface area contributed by atoms with Gasteiger partial charge in [-0.1, -0.05) is 19.1 Å². The first-order chi connectivity index (χ1) is 12.3. The molecule has 0 spiro atoms. The summed E-state index contributed by atoms with van der Waals surface area (Å²) < 4.78 is 0. The van der Waals surface area contributed by atoms with Gasteiger partial charge in [-0.15, -0.1) is 0 Å². The summed E-state index contributed by atoms with van der Waals surface area (Å²) in [6, 6.07) is 5.97. The molecule has 4 nitrogen and oxygen atoms in total. The van der Waals surface area contributed by atoms with Crippen molar-refractivity contribution in [3.8, 4) is 0 Å². The Morgan fingerprint density at radius 1 is 1.00 bits per heavy atom. The van der Waals surface area contributed by atoms with Crippen molar-refractivity contribution >= 4 is 17.6 Å². The van der Waals surface area contributed by atoms with Crippen LogP contribution in [0.3, 0.4) is 0 Å². The molecule has 0 saturated heterocycles. The monoisotopic (exact) mass is 349 g/mol. The van der Waals surface area contributed by atoms with Crippen molar-refractivity contribution in [2.75, 3.05) is 5.32 Å². The lowest BCUT2D eigenvalue weighted by Gasteiger charge is -2.27. The zero-order valence-corrected chi connectivity index (χ0v) is 15.5. The molecule has 1 amide bonds. The van der Waals surface area contributed by atoms with Crippen LogP contribution < -0.4 is 5.32 Å². The van der Waals surface area contributed by atoms with Crippen molar-refractivity contribution < 1.29 is 14.7 Å². The lowest BCUT2D eigenvalue weighted by molar-refractivity contribution is 0.0696. The summed E-state index contributed by atoms with van der Waals surface area (Å²) in [6.07, 6.45) is 5.30. The van der Waals surface area contributed by atoms with E-state index in [-0.39, 0.29) is 11.5 Å². The highest BCUT2D eigenvalue weighted by atomic mass is 16.4. The highest BCUT2D eigenvalue weighted by Crippen LogP contribution is 2.38. The molecule has 2 N–H and O–H groups in total. The Bertz CT molecular complexity index is 924. The van der Waals surface area contributed by atoms with Gasteiger partial charge in [-0.3, -0.25) is 4.79 Å². The molecular weight excluding hydrogens is 326 g/mol. The van der Waals surface area contributed by atoms with Gasteiger partial charge in [0, 0.05) is 11.3 Å². The van der Waals surface area contributed by atoms with Crippen LogP contribution in [-0.2, 0) is 6.42 Å². The van der Waals surface area contributed by atoms with Gasteiger partial charge in [0.2, 0.25) is 0 Å². The normalized spacial score (nSPS) is 15.5. The van der Waals surface area contributed by atoms with Crippen LogP contribution in [0.15, 0.2) is 36.4 Å². The summed E-state index contributed by atoms with van der Waals surface area (Å²) in [5, 5.41) is 12.0. The number of allylic oxidation sites excluding steroid dienone is 2. The smallest absolute Gasteiger partial charge is 0.335 e. The van der Waals surface area contributed by atoms with E-state index in [0.29, 0.717) is 11.5 Å². The van der Waals surface area contributed by atoms with Crippen LogP contribution in [0.2, 0.25) is 0 Å². The van der Waals surface area contributed by atoms with Crippen molar-refractivity contribution in [1.82, 2.24) is 0 Å². The molecule has 2 aromatic carbocycles. The zero-order chi connectivity index (χ0) is 19.0. The molecule has 0 radical (unpaired) electrons. The third-order valence-electron chi connectivity index (χ3n) is 5.33. The number of carbonyl (C=O) groups is 2. The fourth-order valence-electron chi connectivity index (χ4n) is 3.75. The Morgan fingerprint density at radius 2 is 1.62 bits per heavy atom. The molecule has 0 saturated carbocycles. The first kappa shape index (κ1) is 17.9. The third kappa shape index (κ3) is 3.03. The van der Waals surface area contributed by atoms with E-state index in [4.69, 9.17) is 5.11 Å². The number of rotatable bonds is 3. The van der Waals surface area contributed by atoms with Gasteiger partial charge in [0.05, 0.1) is 5.56 Å². The van der Waals surface area contributed by atoms with Gasteiger partial charge in [-0.05, 0) is 85.2 Å². The average Bonchev–Trinajstić information content (AvgIpc) is 2.63. The van der Waals surface area contributed by atoms with Crippen molar-refractivity contribution in [3.63, 3.8) is 0 Å². The molecular formula is C22H23NO3. The number of hydrogen-bond acceptors (Lipinski definition) is 2. The Hall–Kier alpha value is -2.88. The molecule has 1 atom stereocenters. The Morgan fingerprint density at radius 3 is 2.23 bits per heavy atom. The Balaban J connectivity index is 1.96. The molecule has 0 aromatic heterocycles. The standard InChI is InChI=1S/C22H23NO3/c1-12-6-5-7-18-15(4)20(14(3)13(2)19(12)18)23-21(24)16-8-10-17(11-9-16)22(25)26/h5-6,8-12H,7H2,1-4H3,(H,23,24)(H,25,26). The molecule has 3 rings (SSSR count). The molecule has 0 fully saturated rings. The van der Waals surface area contributed by atoms with Gasteiger partial charge < -0.3 is 10.4 Å². The van der Waals surface area contributed by atoms with Crippen LogP contribution in [0.5, 0.6) is 0 Å². The van der Waals surface area contributed by atoms with Crippen molar-refractivity contribution in [1.29, 1.82) is 0 Å². The Kier molecular flexibility index (Phi) is 4.68. The average molecular weight is 349 g/mol. The molecule has 1 unspecified atom stereocenters. The van der Waals surface area contributed by atoms with E-state index in [1.54, 1.807) is 12.1 Å². The van der Waals surface area contributed by atoms with Crippen LogP contribution >= 0.6 is 0 Å². The largest absolute Gasteiger partial charge is 0.478 e. The van der Waals surface area contributed by atoms with Gasteiger partial charge in [0.15, 0.2) is 0 Å². The van der Waals surface area contributed by atoms with Gasteiger partial charge in [-0.2, -0.15) is 0 Å². The Labute approximate surface area is 153 Å². The fourth-order valence-corrected chi connectivity index (χ4v) is 3.75. The van der Waals surface area contributed by atoms with Crippen LogP contribution in [0.1, 0.15) is 61.4 Å². The first-order valence-electron chi connectivity index (χ1n) is 8.75. The minimum absolute atomic E-state index is 0.166. The molecule has 1 aliphatic rings. The quantitative estimate of drug-likeness (QED) is 0.784. The van der Waals surface area contributed by atoms with E-state index < -0.39 is 5.97 Å². The van der Waals surface area contributed by atoms with Crippen molar-refractivity contribution in [2.45, 2.75) is 40.0 Å². The minimum Gasteiger partial charge on any atom is -0.478 e. The predicted molar refractivity (Wildman–Crippen MR) is 103 cm³/mol. The predicted octanol–water partition coefficient (Wildman–Crippen LogP) is 4.78. The molecule has 1 aliphatic carbocycles. The number of aromatic carboxylic acids is 1. The molecule has 26 heavy (non-hydrogen) atoms. The number of hydrogen-bond donors (Lipinski definition) is 2. The minimum atomic E-state index is -1.00. The van der Waals surface area contributed by atoms with E-state index in [9.17, 15) is 9.59 Å². The van der Waals surface area contributed by atoms with E-state index >= 15 is 0 Å². The van der Waals surface area contributed by atoms with Gasteiger partial charge in [-0.25, -0.2) is 4.79 Å². The van der Waals surface area contributed by atoms with Crippen LogP contribution in [-0.4, -0.2) is 17.0 Å². The number of carboxylic acid groups (broad SMARTS) is 1. The highest BCUT2D eigenvalue weighted by molar-refractivity contribution is 6.05. The third-order valence-corrected chi connectivity index (χ3v) is 5.33. The number of amides is 1. The maximum atomic E-state index is 12.7. The van der Waals surface area contributed by atoms with E-state index in [1.807, 2.05) is 6.92 Å². The number of benzene rings is 2. The maximum absolute atomic E-state index is 12.7. The summed E-state index contributed by atoms with van der Waals surface area (Å²) in [4.78, 5) is 23.6. The van der Waals surface area contributed by atoms with Gasteiger partial charge >= 0.3 is 5.97 Å². The van der Waals surface area contributed by atoms with Gasteiger partial charge in [0.25, 0.3) is 5.91 Å². The van der Waals surface area contributed by atoms with Crippen LogP contribution in [0.4, 0.5) is 5.69 Å². The van der Waals surface area contributed by atoms with E-state index in [1.165, 1.54) is 28.8 Å². The van der Waals surface area contributed by atoms with E-state index in [2.05, 4.69) is 38.2 Å². The lowest BCUT2D eigenvalue weighted by Crippen LogP contribution is -2.17. The fraction of sp³-hybridized carbons (Fsp3) is 0.273. The van der Waals surface area contributed by atoms with Gasteiger partial charge in [0.1, 0.15) is 0 Å². The van der Waals surface area contributed by atoms with Crippen LogP contribution in [0.25, 0.3) is 0 Å². The number of carboxylic acids is 1. The highest BCUT2D eigenvalue weighted by Gasteiger charge is 2.22. The summed E-state index contributed by atoms with van der Waals surface area (Å²) >= 11 is 0. The number of fused-ring (bicyclic) bond motifs is 1.